The summed E-state index contributed by atoms with van der Waals surface area (Å²) in [5, 5.41) is 11.7. The molecule has 8 nitrogen and oxygen atoms in total. The fourth-order valence-electron chi connectivity index (χ4n) is 3.92. The van der Waals surface area contributed by atoms with E-state index in [1.807, 2.05) is 36.4 Å². The average Bonchev–Trinajstić information content (AvgIpc) is 3.30. The molecule has 1 heterocycles. The van der Waals surface area contributed by atoms with Crippen LogP contribution in [0.3, 0.4) is 0 Å². The van der Waals surface area contributed by atoms with Crippen LogP contribution in [0.4, 0.5) is 5.69 Å². The molecule has 0 spiro atoms. The number of nitro benzene ring substituents is 1. The monoisotopic (exact) mass is 447 g/mol. The first-order valence-electron chi connectivity index (χ1n) is 10.7. The molecular weight excluding hydrogens is 422 g/mol. The summed E-state index contributed by atoms with van der Waals surface area (Å²) in [7, 11) is 0. The van der Waals surface area contributed by atoms with Crippen LogP contribution in [-0.2, 0) is 19.4 Å². The second-order valence-electron chi connectivity index (χ2n) is 7.75. The van der Waals surface area contributed by atoms with Crippen molar-refractivity contribution in [2.45, 2.75) is 19.4 Å². The molecule has 0 fully saturated rings. The van der Waals surface area contributed by atoms with Crippen molar-refractivity contribution in [3.63, 3.8) is 0 Å². The summed E-state index contributed by atoms with van der Waals surface area (Å²) in [6.45, 7) is 0.542. The number of carbonyl (C=O) groups is 1. The van der Waals surface area contributed by atoms with Gasteiger partial charge in [0.15, 0.2) is 11.5 Å². The van der Waals surface area contributed by atoms with Gasteiger partial charge in [0, 0.05) is 18.7 Å². The normalized spacial score (nSPS) is 11.9. The third-order valence-electron chi connectivity index (χ3n) is 5.59. The minimum Gasteiger partial charge on any atom is -0.454 e. The Morgan fingerprint density at radius 3 is 2.39 bits per heavy atom. The Balaban J connectivity index is 1.59. The number of nitro groups is 1. The summed E-state index contributed by atoms with van der Waals surface area (Å²) < 4.78 is 10.6. The second kappa shape index (κ2) is 10.1. The molecule has 170 valence electrons. The van der Waals surface area contributed by atoms with Gasteiger partial charge in [0.2, 0.25) is 6.79 Å². The highest BCUT2D eigenvalue weighted by Gasteiger charge is 2.26. The molecule has 3 aromatic carbocycles. The molecule has 0 bridgehead atoms. The van der Waals surface area contributed by atoms with Crippen LogP contribution in [-0.4, -0.2) is 35.6 Å². The van der Waals surface area contributed by atoms with E-state index in [4.69, 9.17) is 15.2 Å². The lowest BCUT2D eigenvalue weighted by Gasteiger charge is -2.23. The Bertz CT molecular complexity index is 1150. The van der Waals surface area contributed by atoms with Crippen molar-refractivity contribution < 1.29 is 19.2 Å². The number of hydrogen-bond acceptors (Lipinski definition) is 6. The molecule has 3 aromatic rings. The van der Waals surface area contributed by atoms with Crippen molar-refractivity contribution in [1.82, 2.24) is 4.90 Å². The topological polar surface area (TPSA) is 108 Å². The number of rotatable bonds is 9. The van der Waals surface area contributed by atoms with Gasteiger partial charge in [-0.1, -0.05) is 48.5 Å². The Morgan fingerprint density at radius 2 is 1.67 bits per heavy atom. The molecule has 1 amide bonds. The summed E-state index contributed by atoms with van der Waals surface area (Å²) in [4.78, 5) is 26.3. The van der Waals surface area contributed by atoms with E-state index in [1.165, 1.54) is 11.6 Å². The SMILES string of the molecule is NCCN(Cc1cc2c(cc1[N+](=O)[O-])OCO2)C(=O)c1ccccc1CCc1ccccc1. The van der Waals surface area contributed by atoms with Crippen LogP contribution in [0.1, 0.15) is 27.0 Å². The Morgan fingerprint density at radius 1 is 0.970 bits per heavy atom. The molecule has 1 aliphatic heterocycles. The predicted molar refractivity (Wildman–Crippen MR) is 123 cm³/mol. The first kappa shape index (κ1) is 22.3. The van der Waals surface area contributed by atoms with E-state index in [-0.39, 0.29) is 38.0 Å². The van der Waals surface area contributed by atoms with E-state index < -0.39 is 4.92 Å². The summed E-state index contributed by atoms with van der Waals surface area (Å²) in [5.74, 6) is 0.545. The molecule has 0 aromatic heterocycles. The molecule has 4 rings (SSSR count). The van der Waals surface area contributed by atoms with Crippen LogP contribution in [0.25, 0.3) is 0 Å². The van der Waals surface area contributed by atoms with Crippen LogP contribution in [0.2, 0.25) is 0 Å². The Hall–Kier alpha value is -3.91. The first-order chi connectivity index (χ1) is 16.1. The smallest absolute Gasteiger partial charge is 0.278 e. The molecule has 0 saturated carbocycles. The highest BCUT2D eigenvalue weighted by molar-refractivity contribution is 5.95. The van der Waals surface area contributed by atoms with Crippen molar-refractivity contribution in [2.75, 3.05) is 19.9 Å². The van der Waals surface area contributed by atoms with Crippen LogP contribution in [0.15, 0.2) is 66.7 Å². The number of benzene rings is 3. The van der Waals surface area contributed by atoms with Gasteiger partial charge in [0.1, 0.15) is 0 Å². The lowest BCUT2D eigenvalue weighted by Crippen LogP contribution is -2.35. The van der Waals surface area contributed by atoms with E-state index in [2.05, 4.69) is 12.1 Å². The lowest BCUT2D eigenvalue weighted by atomic mass is 9.98. The van der Waals surface area contributed by atoms with E-state index in [0.717, 1.165) is 12.0 Å². The van der Waals surface area contributed by atoms with Crippen molar-refractivity contribution in [3.05, 3.63) is 99.1 Å². The molecule has 0 atom stereocenters. The number of fused-ring (bicyclic) bond motifs is 1. The van der Waals surface area contributed by atoms with Gasteiger partial charge in [0.05, 0.1) is 23.1 Å². The minimum absolute atomic E-state index is 0.0101. The molecule has 33 heavy (non-hydrogen) atoms. The maximum absolute atomic E-state index is 13.5. The zero-order valence-electron chi connectivity index (χ0n) is 18.1. The Labute approximate surface area is 191 Å². The molecule has 8 heteroatoms. The van der Waals surface area contributed by atoms with Gasteiger partial charge in [-0.2, -0.15) is 0 Å². The highest BCUT2D eigenvalue weighted by Crippen LogP contribution is 2.38. The predicted octanol–water partition coefficient (Wildman–Crippen LogP) is 3.71. The third kappa shape index (κ3) is 5.12. The van der Waals surface area contributed by atoms with Crippen molar-refractivity contribution in [1.29, 1.82) is 0 Å². The van der Waals surface area contributed by atoms with Gasteiger partial charge in [-0.05, 0) is 36.1 Å². The van der Waals surface area contributed by atoms with E-state index in [1.54, 1.807) is 17.0 Å². The molecule has 2 N–H and O–H groups in total. The van der Waals surface area contributed by atoms with Gasteiger partial charge >= 0.3 is 0 Å². The van der Waals surface area contributed by atoms with Crippen molar-refractivity contribution >= 4 is 11.6 Å². The van der Waals surface area contributed by atoms with Gasteiger partial charge in [-0.15, -0.1) is 0 Å². The van der Waals surface area contributed by atoms with Gasteiger partial charge in [0.25, 0.3) is 11.6 Å². The molecule has 0 radical (unpaired) electrons. The first-order valence-corrected chi connectivity index (χ1v) is 10.7. The number of aryl methyl sites for hydroxylation is 2. The molecule has 0 unspecified atom stereocenters. The van der Waals surface area contributed by atoms with Gasteiger partial charge in [-0.3, -0.25) is 14.9 Å². The van der Waals surface area contributed by atoms with Crippen LogP contribution >= 0.6 is 0 Å². The number of nitrogens with two attached hydrogens (primary N) is 1. The minimum atomic E-state index is -0.476. The zero-order valence-corrected chi connectivity index (χ0v) is 18.1. The molecule has 0 saturated heterocycles. The number of ether oxygens (including phenoxy) is 2. The lowest BCUT2D eigenvalue weighted by molar-refractivity contribution is -0.385. The zero-order chi connectivity index (χ0) is 23.2. The largest absolute Gasteiger partial charge is 0.454 e. The third-order valence-corrected chi connectivity index (χ3v) is 5.59. The average molecular weight is 447 g/mol. The second-order valence-corrected chi connectivity index (χ2v) is 7.75. The van der Waals surface area contributed by atoms with Gasteiger partial charge < -0.3 is 20.1 Å². The fourth-order valence-corrected chi connectivity index (χ4v) is 3.92. The Kier molecular flexibility index (Phi) is 6.85. The summed E-state index contributed by atoms with van der Waals surface area (Å²) in [6.07, 6.45) is 1.50. The molecule has 1 aliphatic rings. The molecular formula is C25H25N3O5. The van der Waals surface area contributed by atoms with Crippen molar-refractivity contribution in [2.24, 2.45) is 5.73 Å². The maximum Gasteiger partial charge on any atom is 0.278 e. The van der Waals surface area contributed by atoms with Crippen molar-refractivity contribution in [3.8, 4) is 11.5 Å². The standard InChI is InChI=1S/C25H25N3O5/c26-12-13-27(16-20-14-23-24(33-17-32-23)15-22(20)28(30)31)25(29)21-9-5-4-8-19(21)11-10-18-6-2-1-3-7-18/h1-9,14-15H,10-13,16-17,26H2. The number of carbonyl (C=O) groups excluding carboxylic acids is 1. The summed E-state index contributed by atoms with van der Waals surface area (Å²) in [6, 6.07) is 20.5. The van der Waals surface area contributed by atoms with Crippen LogP contribution in [0.5, 0.6) is 11.5 Å². The quantitative estimate of drug-likeness (QED) is 0.396. The number of nitrogens with zero attached hydrogens (tertiary/aromatic N) is 2. The van der Waals surface area contributed by atoms with Crippen LogP contribution in [0, 0.1) is 10.1 Å². The van der Waals surface area contributed by atoms with E-state index in [0.29, 0.717) is 29.0 Å². The summed E-state index contributed by atoms with van der Waals surface area (Å²) >= 11 is 0. The fraction of sp³-hybridized carbons (Fsp3) is 0.240. The van der Waals surface area contributed by atoms with E-state index >= 15 is 0 Å². The van der Waals surface area contributed by atoms with Gasteiger partial charge in [-0.25, -0.2) is 0 Å². The number of hydrogen-bond donors (Lipinski definition) is 1. The molecule has 0 aliphatic carbocycles. The highest BCUT2D eigenvalue weighted by atomic mass is 16.7. The maximum atomic E-state index is 13.5. The van der Waals surface area contributed by atoms with Crippen LogP contribution < -0.4 is 15.2 Å². The van der Waals surface area contributed by atoms with E-state index in [9.17, 15) is 14.9 Å². The summed E-state index contributed by atoms with van der Waals surface area (Å²) in [5.41, 5.74) is 8.72. The number of amides is 1.